The van der Waals surface area contributed by atoms with Gasteiger partial charge in [0.2, 0.25) is 0 Å². The highest BCUT2D eigenvalue weighted by Gasteiger charge is 2.58. The van der Waals surface area contributed by atoms with Crippen LogP contribution in [0.25, 0.3) is 0 Å². The van der Waals surface area contributed by atoms with E-state index in [4.69, 9.17) is 0 Å². The Morgan fingerprint density at radius 3 is 1.03 bits per heavy atom. The molecule has 4 unspecified atom stereocenters. The first-order chi connectivity index (χ1) is 18.8. The predicted octanol–water partition coefficient (Wildman–Crippen LogP) is 3.32. The summed E-state index contributed by atoms with van der Waals surface area (Å²) >= 11 is 0. The number of hydrogen-bond donors (Lipinski definition) is 0. The van der Waals surface area contributed by atoms with Crippen molar-refractivity contribution in [3.8, 4) is 0 Å². The van der Waals surface area contributed by atoms with Crippen molar-refractivity contribution in [2.75, 3.05) is 0 Å². The van der Waals surface area contributed by atoms with E-state index in [1.54, 1.807) is 0 Å². The maximum atomic E-state index is 11.2. The first-order valence-electron chi connectivity index (χ1n) is 13.5. The van der Waals surface area contributed by atoms with Crippen LogP contribution in [0.4, 0.5) is 0 Å². The summed E-state index contributed by atoms with van der Waals surface area (Å²) in [6.45, 7) is 0. The van der Waals surface area contributed by atoms with E-state index in [0.717, 1.165) is 31.4 Å². The van der Waals surface area contributed by atoms with E-state index in [2.05, 4.69) is 38.5 Å². The molecule has 6 aliphatic carbocycles. The van der Waals surface area contributed by atoms with E-state index in [0.29, 0.717) is 0 Å². The monoisotopic (exact) mass is 534 g/mol. The van der Waals surface area contributed by atoms with Crippen LogP contribution in [-0.2, 0) is 43.0 Å². The van der Waals surface area contributed by atoms with E-state index in [9.17, 15) is 28.8 Å². The summed E-state index contributed by atoms with van der Waals surface area (Å²) in [5.41, 5.74) is 0. The van der Waals surface area contributed by atoms with Crippen LogP contribution in [0.3, 0.4) is 0 Å². The predicted molar refractivity (Wildman–Crippen MR) is 135 cm³/mol. The normalized spacial score (nSPS) is 37.0. The minimum Gasteiger partial charge on any atom is -0.393 e. The number of fused-ring (bicyclic) bond motifs is 10. The summed E-state index contributed by atoms with van der Waals surface area (Å²) < 4.78 is 13.2. The third-order valence-electron chi connectivity index (χ3n) is 7.98. The number of rotatable bonds is 0. The minimum absolute atomic E-state index is 0.146. The maximum absolute atomic E-state index is 11.2. The Morgan fingerprint density at radius 2 is 0.821 bits per heavy atom. The van der Waals surface area contributed by atoms with E-state index >= 15 is 0 Å². The Bertz CT molecular complexity index is 1070. The zero-order chi connectivity index (χ0) is 27.5. The lowest BCUT2D eigenvalue weighted by atomic mass is 9.85. The first kappa shape index (κ1) is 26.7. The van der Waals surface area contributed by atoms with Gasteiger partial charge in [-0.25, -0.2) is 9.59 Å². The van der Waals surface area contributed by atoms with Crippen molar-refractivity contribution >= 4 is 35.8 Å². The molecule has 0 aromatic heterocycles. The van der Waals surface area contributed by atoms with Gasteiger partial charge in [0.1, 0.15) is 0 Å². The van der Waals surface area contributed by atoms with Gasteiger partial charge in [0.15, 0.2) is 0 Å². The number of hydrogen-bond acceptors (Lipinski definition) is 9. The van der Waals surface area contributed by atoms with Gasteiger partial charge < -0.3 is 14.2 Å². The van der Waals surface area contributed by atoms with E-state index in [1.807, 2.05) is 24.3 Å². The molecule has 3 saturated carbocycles. The molecule has 8 atom stereocenters. The quantitative estimate of drug-likeness (QED) is 0.199. The Hall–Kier alpha value is -3.88. The molecular weight excluding hydrogens is 504 g/mol. The van der Waals surface area contributed by atoms with E-state index in [-0.39, 0.29) is 71.2 Å². The van der Waals surface area contributed by atoms with Gasteiger partial charge in [0, 0.05) is 12.2 Å². The van der Waals surface area contributed by atoms with Crippen molar-refractivity contribution in [2.45, 2.75) is 38.5 Å². The fourth-order valence-electron chi connectivity index (χ4n) is 6.10. The second-order valence-electron chi connectivity index (χ2n) is 10.7. The molecule has 5 fully saturated rings. The summed E-state index contributed by atoms with van der Waals surface area (Å²) in [6.07, 6.45) is 26.3. The third kappa shape index (κ3) is 5.92. The minimum atomic E-state index is -0.579. The van der Waals surface area contributed by atoms with Gasteiger partial charge in [-0.15, -0.1) is 0 Å². The smallest absolute Gasteiger partial charge is 0.338 e. The molecule has 0 aromatic rings. The lowest BCUT2D eigenvalue weighted by Gasteiger charge is -2.12. The summed E-state index contributed by atoms with van der Waals surface area (Å²) in [5.74, 6) is -1.85. The van der Waals surface area contributed by atoms with Crippen LogP contribution < -0.4 is 0 Å². The van der Waals surface area contributed by atoms with Crippen LogP contribution in [0.5, 0.6) is 0 Å². The summed E-state index contributed by atoms with van der Waals surface area (Å²) in [6, 6.07) is 0. The molecule has 4 bridgehead atoms. The van der Waals surface area contributed by atoms with Crippen LogP contribution in [0.1, 0.15) is 38.5 Å². The number of carbonyl (C=O) groups excluding carboxylic acids is 6. The molecule has 0 amide bonds. The molecule has 9 aliphatic rings. The molecule has 0 aromatic carbocycles. The number of carbonyl (C=O) groups is 6. The highest BCUT2D eigenvalue weighted by molar-refractivity contribution is 6.05. The van der Waals surface area contributed by atoms with Crippen molar-refractivity contribution in [3.63, 3.8) is 0 Å². The Kier molecular flexibility index (Phi) is 7.86. The molecule has 0 N–H and O–H groups in total. The highest BCUT2D eigenvalue weighted by Crippen LogP contribution is 2.52. The largest absolute Gasteiger partial charge is 0.393 e. The fourth-order valence-corrected chi connectivity index (χ4v) is 6.10. The van der Waals surface area contributed by atoms with Gasteiger partial charge in [-0.2, -0.15) is 0 Å². The number of ether oxygens (including phenoxy) is 3. The standard InChI is InChI=1S/2C9H8O3.C5H6.C4H2O3.C3H6/c2*10-8-6-4-1-2-5(3-4)7(6)9(11)12-8;1-2-4-5-3-1;5-3-1-2-4(6)7-3;1-2-3-1/h2*1-2,4-7H,3H2;1-4H,5H2;1-2H;1-3H2/t2*4?,5?,6-,7+;;;. The Labute approximate surface area is 225 Å². The van der Waals surface area contributed by atoms with Crippen molar-refractivity contribution in [1.82, 2.24) is 0 Å². The van der Waals surface area contributed by atoms with Gasteiger partial charge in [-0.1, -0.05) is 67.9 Å². The van der Waals surface area contributed by atoms with Gasteiger partial charge in [-0.05, 0) is 42.9 Å². The maximum Gasteiger partial charge on any atom is 0.338 e. The number of allylic oxidation sites excluding steroid dienone is 8. The van der Waals surface area contributed by atoms with Gasteiger partial charge in [0.25, 0.3) is 0 Å². The number of esters is 6. The van der Waals surface area contributed by atoms with Crippen molar-refractivity contribution in [3.05, 3.63) is 60.8 Å². The van der Waals surface area contributed by atoms with Crippen molar-refractivity contribution in [2.24, 2.45) is 47.3 Å². The molecular formula is C30H30O9. The summed E-state index contributed by atoms with van der Waals surface area (Å²) in [4.78, 5) is 64.6. The van der Waals surface area contributed by atoms with Gasteiger partial charge in [0.05, 0.1) is 23.7 Å². The topological polar surface area (TPSA) is 130 Å². The second-order valence-corrected chi connectivity index (χ2v) is 10.7. The zero-order valence-electron chi connectivity index (χ0n) is 21.3. The third-order valence-corrected chi connectivity index (χ3v) is 7.98. The zero-order valence-corrected chi connectivity index (χ0v) is 21.3. The summed E-state index contributed by atoms with van der Waals surface area (Å²) in [5, 5.41) is 0. The molecule has 2 saturated heterocycles. The first-order valence-corrected chi connectivity index (χ1v) is 13.5. The van der Waals surface area contributed by atoms with Crippen LogP contribution in [-0.4, -0.2) is 35.8 Å². The number of cyclic esters (lactones) is 6. The molecule has 39 heavy (non-hydrogen) atoms. The van der Waals surface area contributed by atoms with Crippen LogP contribution in [0.15, 0.2) is 60.8 Å². The fraction of sp³-hybridized carbons (Fsp3) is 0.467. The van der Waals surface area contributed by atoms with Gasteiger partial charge >= 0.3 is 35.8 Å². The SMILES string of the molecule is C1=CCC=C1.C1CC1.O=C1C=CC(=O)O1.O=C1OC(=O)[C@H]2C3C=CC(C3)[C@@H]12.O=C1OC(=O)[C@H]2C3C=CC(C3)[C@@H]12. The second kappa shape index (κ2) is 11.5. The van der Waals surface area contributed by atoms with Crippen molar-refractivity contribution in [1.29, 1.82) is 0 Å². The lowest BCUT2D eigenvalue weighted by Crippen LogP contribution is -2.21. The van der Waals surface area contributed by atoms with Crippen LogP contribution in [0, 0.1) is 47.3 Å². The molecule has 3 aliphatic heterocycles. The average molecular weight is 535 g/mol. The molecule has 9 nitrogen and oxygen atoms in total. The van der Waals surface area contributed by atoms with Gasteiger partial charge in [-0.3, -0.25) is 19.2 Å². The van der Waals surface area contributed by atoms with Crippen LogP contribution >= 0.6 is 0 Å². The molecule has 0 spiro atoms. The molecule has 3 heterocycles. The van der Waals surface area contributed by atoms with E-state index < -0.39 is 11.9 Å². The van der Waals surface area contributed by atoms with Crippen molar-refractivity contribution < 1.29 is 43.0 Å². The lowest BCUT2D eigenvalue weighted by molar-refractivity contribution is -0.156. The Morgan fingerprint density at radius 1 is 0.487 bits per heavy atom. The highest BCUT2D eigenvalue weighted by atomic mass is 16.6. The van der Waals surface area contributed by atoms with E-state index in [1.165, 1.54) is 19.3 Å². The molecule has 9 rings (SSSR count). The van der Waals surface area contributed by atoms with Crippen LogP contribution in [0.2, 0.25) is 0 Å². The molecule has 204 valence electrons. The summed E-state index contributed by atoms with van der Waals surface area (Å²) in [7, 11) is 0. The molecule has 0 radical (unpaired) electrons. The molecule has 9 heteroatoms. The average Bonchev–Trinajstić information content (AvgIpc) is 3.62. The Balaban J connectivity index is 0.000000107.